The number of rotatable bonds is 4. The molecule has 23 heavy (non-hydrogen) atoms. The molecule has 0 fully saturated rings. The van der Waals surface area contributed by atoms with E-state index in [9.17, 15) is 9.59 Å². The number of benzene rings is 2. The lowest BCUT2D eigenvalue weighted by atomic mass is 10.1. The smallest absolute Gasteiger partial charge is 0.261 e. The van der Waals surface area contributed by atoms with Crippen LogP contribution in [0.2, 0.25) is 5.02 Å². The molecule has 0 atom stereocenters. The lowest BCUT2D eigenvalue weighted by Crippen LogP contribution is -2.29. The summed E-state index contributed by atoms with van der Waals surface area (Å²) in [5.41, 5.74) is 1.43. The topological polar surface area (TPSA) is 55.8 Å². The monoisotopic (exact) mass is 331 g/mol. The third-order valence-electron chi connectivity index (χ3n) is 3.76. The van der Waals surface area contributed by atoms with E-state index in [0.717, 1.165) is 0 Å². The van der Waals surface area contributed by atoms with Gasteiger partial charge in [-0.3, -0.25) is 14.5 Å². The van der Waals surface area contributed by atoms with Crippen LogP contribution in [0.5, 0.6) is 11.5 Å². The largest absolute Gasteiger partial charge is 0.493 e. The molecule has 0 unspecified atom stereocenters. The predicted molar refractivity (Wildman–Crippen MR) is 85.2 cm³/mol. The molecule has 1 aliphatic rings. The molecular weight excluding hydrogens is 318 g/mol. The van der Waals surface area contributed by atoms with E-state index in [0.29, 0.717) is 33.2 Å². The van der Waals surface area contributed by atoms with Crippen LogP contribution >= 0.6 is 11.6 Å². The fraction of sp³-hybridized carbons (Fsp3) is 0.176. The first-order valence-electron chi connectivity index (χ1n) is 6.92. The Morgan fingerprint density at radius 1 is 0.957 bits per heavy atom. The van der Waals surface area contributed by atoms with Crippen molar-refractivity contribution in [2.75, 3.05) is 14.2 Å². The van der Waals surface area contributed by atoms with Crippen LogP contribution in [0.1, 0.15) is 26.3 Å². The molecule has 1 aliphatic heterocycles. The summed E-state index contributed by atoms with van der Waals surface area (Å²) < 4.78 is 10.4. The summed E-state index contributed by atoms with van der Waals surface area (Å²) in [4.78, 5) is 26.0. The zero-order valence-corrected chi connectivity index (χ0v) is 13.4. The predicted octanol–water partition coefficient (Wildman–Crippen LogP) is 3.15. The van der Waals surface area contributed by atoms with E-state index in [2.05, 4.69) is 0 Å². The van der Waals surface area contributed by atoms with Crippen LogP contribution in [0.15, 0.2) is 36.4 Å². The van der Waals surface area contributed by atoms with Gasteiger partial charge < -0.3 is 9.47 Å². The molecular formula is C17H14ClNO4. The molecule has 0 saturated carbocycles. The van der Waals surface area contributed by atoms with Crippen molar-refractivity contribution in [3.8, 4) is 11.5 Å². The maximum atomic E-state index is 12.4. The number of ether oxygens (including phenoxy) is 2. The summed E-state index contributed by atoms with van der Waals surface area (Å²) in [6, 6.07) is 10.0. The van der Waals surface area contributed by atoms with E-state index < -0.39 is 0 Å². The zero-order valence-electron chi connectivity index (χ0n) is 12.6. The Bertz CT molecular complexity index is 768. The number of amides is 2. The lowest BCUT2D eigenvalue weighted by Gasteiger charge is -2.17. The first-order valence-corrected chi connectivity index (χ1v) is 7.30. The second-order valence-electron chi connectivity index (χ2n) is 5.04. The highest BCUT2D eigenvalue weighted by Gasteiger charge is 2.35. The van der Waals surface area contributed by atoms with Gasteiger partial charge in [0.25, 0.3) is 11.8 Å². The summed E-state index contributed by atoms with van der Waals surface area (Å²) in [6.45, 7) is 0.0749. The first kappa shape index (κ1) is 15.4. The van der Waals surface area contributed by atoms with Gasteiger partial charge in [0.1, 0.15) is 0 Å². The molecule has 0 bridgehead atoms. The molecule has 3 rings (SSSR count). The van der Waals surface area contributed by atoms with E-state index in [4.69, 9.17) is 21.1 Å². The van der Waals surface area contributed by atoms with Crippen molar-refractivity contribution < 1.29 is 19.1 Å². The van der Waals surface area contributed by atoms with Crippen molar-refractivity contribution in [2.45, 2.75) is 6.54 Å². The standard InChI is InChI=1S/C17H14ClNO4/c1-22-14-7-10(13(18)8-15(14)23-2)9-19-16(20)11-5-3-4-6-12(11)17(19)21/h3-8H,9H2,1-2H3. The van der Waals surface area contributed by atoms with Gasteiger partial charge in [-0.2, -0.15) is 0 Å². The zero-order chi connectivity index (χ0) is 16.6. The Balaban J connectivity index is 1.95. The Kier molecular flexibility index (Phi) is 3.96. The molecule has 5 nitrogen and oxygen atoms in total. The van der Waals surface area contributed by atoms with Gasteiger partial charge in [0, 0.05) is 11.1 Å². The van der Waals surface area contributed by atoms with Crippen LogP contribution in [0, 0.1) is 0 Å². The molecule has 0 N–H and O–H groups in total. The quantitative estimate of drug-likeness (QED) is 0.808. The van der Waals surface area contributed by atoms with Crippen LogP contribution in [0.25, 0.3) is 0 Å². The fourth-order valence-electron chi connectivity index (χ4n) is 2.57. The van der Waals surface area contributed by atoms with Crippen LogP contribution in [0.4, 0.5) is 0 Å². The van der Waals surface area contributed by atoms with E-state index in [1.165, 1.54) is 19.1 Å². The minimum Gasteiger partial charge on any atom is -0.493 e. The van der Waals surface area contributed by atoms with Gasteiger partial charge in [-0.1, -0.05) is 23.7 Å². The highest BCUT2D eigenvalue weighted by molar-refractivity contribution is 6.31. The summed E-state index contributed by atoms with van der Waals surface area (Å²) in [6.07, 6.45) is 0. The normalized spacial score (nSPS) is 13.3. The lowest BCUT2D eigenvalue weighted by molar-refractivity contribution is 0.0642. The third-order valence-corrected chi connectivity index (χ3v) is 4.11. The first-order chi connectivity index (χ1) is 11.1. The Morgan fingerprint density at radius 3 is 2.00 bits per heavy atom. The van der Waals surface area contributed by atoms with Crippen molar-refractivity contribution in [3.05, 3.63) is 58.1 Å². The number of fused-ring (bicyclic) bond motifs is 1. The Labute approximate surface area is 138 Å². The molecule has 2 aromatic rings. The summed E-state index contributed by atoms with van der Waals surface area (Å²) >= 11 is 6.24. The number of imide groups is 1. The number of carbonyl (C=O) groups is 2. The fourth-order valence-corrected chi connectivity index (χ4v) is 2.78. The number of carbonyl (C=O) groups excluding carboxylic acids is 2. The minimum atomic E-state index is -0.323. The van der Waals surface area contributed by atoms with Gasteiger partial charge in [0.05, 0.1) is 31.9 Å². The highest BCUT2D eigenvalue weighted by Crippen LogP contribution is 2.34. The van der Waals surface area contributed by atoms with Crippen molar-refractivity contribution in [3.63, 3.8) is 0 Å². The van der Waals surface area contributed by atoms with Crippen molar-refractivity contribution in [2.24, 2.45) is 0 Å². The Hall–Kier alpha value is -2.53. The van der Waals surface area contributed by atoms with E-state index in [1.54, 1.807) is 36.4 Å². The molecule has 0 radical (unpaired) electrons. The van der Waals surface area contributed by atoms with Crippen molar-refractivity contribution in [1.82, 2.24) is 4.90 Å². The van der Waals surface area contributed by atoms with Gasteiger partial charge in [-0.25, -0.2) is 0 Å². The average Bonchev–Trinajstić information content (AvgIpc) is 2.81. The van der Waals surface area contributed by atoms with Crippen LogP contribution < -0.4 is 9.47 Å². The van der Waals surface area contributed by atoms with E-state index >= 15 is 0 Å². The summed E-state index contributed by atoms with van der Waals surface area (Å²) in [5.74, 6) is 0.333. The van der Waals surface area contributed by atoms with Gasteiger partial charge in [0.15, 0.2) is 11.5 Å². The van der Waals surface area contributed by atoms with Gasteiger partial charge in [-0.15, -0.1) is 0 Å². The second-order valence-corrected chi connectivity index (χ2v) is 5.45. The Morgan fingerprint density at radius 2 is 1.48 bits per heavy atom. The molecule has 1 heterocycles. The van der Waals surface area contributed by atoms with Crippen LogP contribution in [0.3, 0.4) is 0 Å². The highest BCUT2D eigenvalue weighted by atomic mass is 35.5. The maximum Gasteiger partial charge on any atom is 0.261 e. The molecule has 0 aromatic heterocycles. The number of nitrogens with zero attached hydrogens (tertiary/aromatic N) is 1. The van der Waals surface area contributed by atoms with Gasteiger partial charge >= 0.3 is 0 Å². The molecule has 0 saturated heterocycles. The third kappa shape index (κ3) is 2.53. The van der Waals surface area contributed by atoms with Gasteiger partial charge in [-0.05, 0) is 23.8 Å². The van der Waals surface area contributed by atoms with Crippen molar-refractivity contribution >= 4 is 23.4 Å². The minimum absolute atomic E-state index is 0.0749. The van der Waals surface area contributed by atoms with Crippen LogP contribution in [-0.4, -0.2) is 30.9 Å². The number of halogens is 1. The number of hydrogen-bond acceptors (Lipinski definition) is 4. The molecule has 0 spiro atoms. The summed E-state index contributed by atoms with van der Waals surface area (Å²) in [7, 11) is 3.02. The molecule has 2 aromatic carbocycles. The SMILES string of the molecule is COc1cc(Cl)c(CN2C(=O)c3ccccc3C2=O)cc1OC. The van der Waals surface area contributed by atoms with Crippen LogP contribution in [-0.2, 0) is 6.54 Å². The molecule has 0 aliphatic carbocycles. The van der Waals surface area contributed by atoms with E-state index in [1.807, 2.05) is 0 Å². The molecule has 118 valence electrons. The summed E-state index contributed by atoms with van der Waals surface area (Å²) in [5, 5.41) is 0.402. The second kappa shape index (κ2) is 5.93. The van der Waals surface area contributed by atoms with Crippen molar-refractivity contribution in [1.29, 1.82) is 0 Å². The molecule has 2 amide bonds. The van der Waals surface area contributed by atoms with E-state index in [-0.39, 0.29) is 18.4 Å². The van der Waals surface area contributed by atoms with Gasteiger partial charge in [0.2, 0.25) is 0 Å². The molecule has 6 heteroatoms. The number of hydrogen-bond donors (Lipinski definition) is 0. The number of methoxy groups -OCH3 is 2. The average molecular weight is 332 g/mol. The maximum absolute atomic E-state index is 12.4.